The Labute approximate surface area is 51.3 Å². The van der Waals surface area contributed by atoms with E-state index in [4.69, 9.17) is 0 Å². The Bertz CT molecular complexity index is 96.2. The van der Waals surface area contributed by atoms with Crippen LogP contribution in [0.5, 0.6) is 0 Å². The molecule has 2 aliphatic carbocycles. The van der Waals surface area contributed by atoms with Crippen LogP contribution in [0, 0.1) is 17.8 Å². The third-order valence-electron chi connectivity index (χ3n) is 2.94. The van der Waals surface area contributed by atoms with E-state index in [0.717, 1.165) is 5.92 Å². The van der Waals surface area contributed by atoms with Gasteiger partial charge >= 0.3 is 0 Å². The molecule has 0 amide bonds. The van der Waals surface area contributed by atoms with Crippen LogP contribution in [-0.4, -0.2) is 0 Å². The zero-order chi connectivity index (χ0) is 5.56. The van der Waals surface area contributed by atoms with Gasteiger partial charge in [0.1, 0.15) is 0 Å². The lowest BCUT2D eigenvalue weighted by Crippen LogP contribution is -2.04. The van der Waals surface area contributed by atoms with Crippen molar-refractivity contribution >= 4 is 0 Å². The molecule has 0 aliphatic heterocycles. The minimum absolute atomic E-state index is 1.08. The number of hydrogen-bond acceptors (Lipinski definition) is 0. The summed E-state index contributed by atoms with van der Waals surface area (Å²) in [7, 11) is 0. The van der Waals surface area contributed by atoms with Crippen LogP contribution in [0.25, 0.3) is 0 Å². The van der Waals surface area contributed by atoms with Gasteiger partial charge in [-0.1, -0.05) is 26.2 Å². The van der Waals surface area contributed by atoms with Gasteiger partial charge in [0.25, 0.3) is 0 Å². The number of fused-ring (bicyclic) bond motifs is 1. The molecule has 0 heterocycles. The Morgan fingerprint density at radius 2 is 2.12 bits per heavy atom. The Morgan fingerprint density at radius 1 is 1.25 bits per heavy atom. The van der Waals surface area contributed by atoms with Gasteiger partial charge in [0.2, 0.25) is 0 Å². The maximum Gasteiger partial charge on any atom is -0.0357 e. The predicted molar refractivity (Wildman–Crippen MR) is 34.6 cm³/mol. The summed E-state index contributed by atoms with van der Waals surface area (Å²) in [6.07, 6.45) is 6.15. The third-order valence-corrected chi connectivity index (χ3v) is 2.94. The summed E-state index contributed by atoms with van der Waals surface area (Å²) >= 11 is 0. The Kier molecular flexibility index (Phi) is 0.902. The fourth-order valence-corrected chi connectivity index (χ4v) is 2.22. The quantitative estimate of drug-likeness (QED) is 0.449. The molecule has 3 atom stereocenters. The minimum atomic E-state index is 1.08. The van der Waals surface area contributed by atoms with Crippen molar-refractivity contribution in [1.82, 2.24) is 0 Å². The van der Waals surface area contributed by atoms with Crippen LogP contribution in [-0.2, 0) is 0 Å². The highest BCUT2D eigenvalue weighted by atomic mass is 14.5. The molecule has 0 nitrogen and oxygen atoms in total. The molecule has 2 saturated carbocycles. The van der Waals surface area contributed by atoms with Crippen LogP contribution in [0.15, 0.2) is 0 Å². The second-order valence-electron chi connectivity index (χ2n) is 3.57. The third kappa shape index (κ3) is 0.586. The molecular formula is C8H14. The van der Waals surface area contributed by atoms with Crippen LogP contribution < -0.4 is 0 Å². The van der Waals surface area contributed by atoms with Gasteiger partial charge in [-0.25, -0.2) is 0 Å². The van der Waals surface area contributed by atoms with Gasteiger partial charge in [-0.3, -0.25) is 0 Å². The molecule has 0 N–H and O–H groups in total. The maximum absolute atomic E-state index is 2.42. The van der Waals surface area contributed by atoms with Gasteiger partial charge in [-0.2, -0.15) is 0 Å². The van der Waals surface area contributed by atoms with Crippen molar-refractivity contribution in [1.29, 1.82) is 0 Å². The molecule has 0 heteroatoms. The largest absolute Gasteiger partial charge is 0.0622 e. The molecule has 0 aromatic rings. The molecule has 2 rings (SSSR count). The first-order chi connectivity index (χ1) is 3.88. The van der Waals surface area contributed by atoms with E-state index in [0.29, 0.717) is 0 Å². The lowest BCUT2D eigenvalue weighted by atomic mass is 9.91. The first kappa shape index (κ1) is 4.84. The summed E-state index contributed by atoms with van der Waals surface area (Å²) in [5.74, 6) is 3.43. The van der Waals surface area contributed by atoms with Crippen molar-refractivity contribution in [3.63, 3.8) is 0 Å². The first-order valence-corrected chi connectivity index (χ1v) is 3.88. The number of rotatable bonds is 0. The van der Waals surface area contributed by atoms with Crippen molar-refractivity contribution in [3.05, 3.63) is 0 Å². The van der Waals surface area contributed by atoms with Crippen LogP contribution in [0.1, 0.15) is 32.6 Å². The average molecular weight is 110 g/mol. The lowest BCUT2D eigenvalue weighted by molar-refractivity contribution is 0.362. The zero-order valence-electron chi connectivity index (χ0n) is 5.56. The molecule has 0 spiro atoms. The van der Waals surface area contributed by atoms with Gasteiger partial charge in [-0.05, 0) is 24.2 Å². The second-order valence-corrected chi connectivity index (χ2v) is 3.57. The van der Waals surface area contributed by atoms with Crippen LogP contribution in [0.3, 0.4) is 0 Å². The van der Waals surface area contributed by atoms with Gasteiger partial charge in [0.15, 0.2) is 0 Å². The highest BCUT2D eigenvalue weighted by molar-refractivity contribution is 4.92. The fourth-order valence-electron chi connectivity index (χ4n) is 2.22. The Hall–Kier alpha value is 0. The summed E-state index contributed by atoms with van der Waals surface area (Å²) < 4.78 is 0. The smallest absolute Gasteiger partial charge is 0.0357 e. The topological polar surface area (TPSA) is 0 Å². The summed E-state index contributed by atoms with van der Waals surface area (Å²) in [5.41, 5.74) is 0. The van der Waals surface area contributed by atoms with E-state index in [1.807, 2.05) is 0 Å². The second kappa shape index (κ2) is 1.49. The molecule has 2 aliphatic rings. The molecule has 0 radical (unpaired) electrons. The molecule has 0 saturated heterocycles. The zero-order valence-corrected chi connectivity index (χ0v) is 5.56. The Balaban J connectivity index is 1.99. The molecule has 0 unspecified atom stereocenters. The highest BCUT2D eigenvalue weighted by Crippen LogP contribution is 2.52. The van der Waals surface area contributed by atoms with Crippen LogP contribution >= 0.6 is 0 Å². The fraction of sp³-hybridized carbons (Fsp3) is 1.00. The maximum atomic E-state index is 2.42. The van der Waals surface area contributed by atoms with Crippen molar-refractivity contribution in [3.8, 4) is 0 Å². The van der Waals surface area contributed by atoms with Gasteiger partial charge < -0.3 is 0 Å². The Morgan fingerprint density at radius 3 is 2.75 bits per heavy atom. The number of hydrogen-bond donors (Lipinski definition) is 0. The molecule has 2 fully saturated rings. The van der Waals surface area contributed by atoms with Crippen LogP contribution in [0.4, 0.5) is 0 Å². The highest BCUT2D eigenvalue weighted by Gasteiger charge is 2.42. The van der Waals surface area contributed by atoms with E-state index in [-0.39, 0.29) is 0 Å². The van der Waals surface area contributed by atoms with Crippen molar-refractivity contribution < 1.29 is 0 Å². The summed E-state index contributed by atoms with van der Waals surface area (Å²) in [6.45, 7) is 2.42. The van der Waals surface area contributed by atoms with Gasteiger partial charge in [-0.15, -0.1) is 0 Å². The summed E-state index contributed by atoms with van der Waals surface area (Å²) in [5, 5.41) is 0. The molecule has 0 aromatic carbocycles. The van der Waals surface area contributed by atoms with Crippen molar-refractivity contribution in [2.24, 2.45) is 17.8 Å². The first-order valence-electron chi connectivity index (χ1n) is 3.88. The normalized spacial score (nSPS) is 52.9. The molecule has 46 valence electrons. The molecule has 0 aromatic heterocycles. The van der Waals surface area contributed by atoms with Gasteiger partial charge in [0, 0.05) is 0 Å². The standard InChI is InChI=1S/C8H14/c1-6-3-2-4-7-5-8(6)7/h6-8H,2-5H2,1H3/t6-,7+,8+/m1/s1. The average Bonchev–Trinajstić information content (AvgIpc) is 2.45. The molecular weight excluding hydrogens is 96.1 g/mol. The van der Waals surface area contributed by atoms with Crippen LogP contribution in [0.2, 0.25) is 0 Å². The molecule has 8 heavy (non-hydrogen) atoms. The van der Waals surface area contributed by atoms with Crippen molar-refractivity contribution in [2.45, 2.75) is 32.6 Å². The lowest BCUT2D eigenvalue weighted by Gasteiger charge is -2.15. The van der Waals surface area contributed by atoms with Crippen molar-refractivity contribution in [2.75, 3.05) is 0 Å². The van der Waals surface area contributed by atoms with E-state index in [1.165, 1.54) is 24.7 Å². The van der Waals surface area contributed by atoms with E-state index in [9.17, 15) is 0 Å². The molecule has 0 bridgehead atoms. The van der Waals surface area contributed by atoms with Gasteiger partial charge in [0.05, 0.1) is 0 Å². The summed E-state index contributed by atoms with van der Waals surface area (Å²) in [4.78, 5) is 0. The van der Waals surface area contributed by atoms with E-state index >= 15 is 0 Å². The van der Waals surface area contributed by atoms with E-state index < -0.39 is 0 Å². The summed E-state index contributed by atoms with van der Waals surface area (Å²) in [6, 6.07) is 0. The van der Waals surface area contributed by atoms with E-state index in [1.54, 1.807) is 12.8 Å². The predicted octanol–water partition coefficient (Wildman–Crippen LogP) is 2.44. The SMILES string of the molecule is C[C@@H]1CCC[C@H]2C[C@H]21. The monoisotopic (exact) mass is 110 g/mol. The van der Waals surface area contributed by atoms with E-state index in [2.05, 4.69) is 6.92 Å². The minimum Gasteiger partial charge on any atom is -0.0622 e.